The second-order valence-electron chi connectivity index (χ2n) is 4.77. The molecular formula is C13H19NO. The molecule has 1 atom stereocenters. The molecule has 0 aromatic heterocycles. The number of ether oxygens (including phenoxy) is 1. The third-order valence-electron chi connectivity index (χ3n) is 2.75. The van der Waals surface area contributed by atoms with Gasteiger partial charge in [-0.15, -0.1) is 0 Å². The third-order valence-corrected chi connectivity index (χ3v) is 2.75. The van der Waals surface area contributed by atoms with Crippen LogP contribution in [0.4, 0.5) is 0 Å². The van der Waals surface area contributed by atoms with Gasteiger partial charge in [0.05, 0.1) is 6.61 Å². The molecule has 2 rings (SSSR count). The van der Waals surface area contributed by atoms with Gasteiger partial charge in [0.2, 0.25) is 0 Å². The Bertz CT molecular complexity index is 346. The molecule has 1 aromatic rings. The lowest BCUT2D eigenvalue weighted by molar-refractivity contribution is 0.268. The predicted molar refractivity (Wildman–Crippen MR) is 62.2 cm³/mol. The molecule has 82 valence electrons. The van der Waals surface area contributed by atoms with Gasteiger partial charge in [-0.05, 0) is 36.0 Å². The molecule has 1 aliphatic rings. The fourth-order valence-electron chi connectivity index (χ4n) is 2.04. The molecule has 0 fully saturated rings. The van der Waals surface area contributed by atoms with Gasteiger partial charge in [-0.1, -0.05) is 26.0 Å². The topological polar surface area (TPSA) is 35.2 Å². The minimum absolute atomic E-state index is 0.281. The third kappa shape index (κ3) is 2.32. The number of nitrogens with two attached hydrogens (primary N) is 1. The first-order chi connectivity index (χ1) is 7.16. The van der Waals surface area contributed by atoms with Crippen LogP contribution in [0.1, 0.15) is 25.0 Å². The van der Waals surface area contributed by atoms with Crippen molar-refractivity contribution in [3.05, 3.63) is 29.3 Å². The van der Waals surface area contributed by atoms with Crippen molar-refractivity contribution < 1.29 is 4.74 Å². The molecule has 0 heterocycles. The van der Waals surface area contributed by atoms with Crippen molar-refractivity contribution in [1.82, 2.24) is 0 Å². The standard InChI is InChI=1S/C13H19NO/c1-9(2)8-15-13-5-3-4-10-6-11(14)7-12(10)13/h3-5,9,11H,6-8,14H2,1-2H3. The maximum Gasteiger partial charge on any atom is 0.122 e. The molecular weight excluding hydrogens is 186 g/mol. The Labute approximate surface area is 91.4 Å². The van der Waals surface area contributed by atoms with Gasteiger partial charge in [-0.3, -0.25) is 0 Å². The number of fused-ring (bicyclic) bond motifs is 1. The number of rotatable bonds is 3. The lowest BCUT2D eigenvalue weighted by atomic mass is 10.1. The van der Waals surface area contributed by atoms with E-state index >= 15 is 0 Å². The van der Waals surface area contributed by atoms with Crippen LogP contribution >= 0.6 is 0 Å². The van der Waals surface area contributed by atoms with Gasteiger partial charge in [-0.25, -0.2) is 0 Å². The summed E-state index contributed by atoms with van der Waals surface area (Å²) >= 11 is 0. The Morgan fingerprint density at radius 3 is 2.93 bits per heavy atom. The monoisotopic (exact) mass is 205 g/mol. The van der Waals surface area contributed by atoms with E-state index in [-0.39, 0.29) is 6.04 Å². The van der Waals surface area contributed by atoms with Crippen molar-refractivity contribution in [1.29, 1.82) is 0 Å². The lowest BCUT2D eigenvalue weighted by Gasteiger charge is -2.12. The van der Waals surface area contributed by atoms with E-state index in [1.807, 2.05) is 0 Å². The van der Waals surface area contributed by atoms with E-state index in [0.29, 0.717) is 5.92 Å². The summed E-state index contributed by atoms with van der Waals surface area (Å²) in [6.07, 6.45) is 1.96. The lowest BCUT2D eigenvalue weighted by Crippen LogP contribution is -2.19. The van der Waals surface area contributed by atoms with Crippen molar-refractivity contribution in [2.75, 3.05) is 6.61 Å². The zero-order chi connectivity index (χ0) is 10.8. The Morgan fingerprint density at radius 1 is 1.40 bits per heavy atom. The van der Waals surface area contributed by atoms with Crippen molar-refractivity contribution in [2.45, 2.75) is 32.7 Å². The van der Waals surface area contributed by atoms with Crippen LogP contribution in [0.5, 0.6) is 5.75 Å². The Balaban J connectivity index is 2.15. The van der Waals surface area contributed by atoms with Crippen LogP contribution in [-0.2, 0) is 12.8 Å². The summed E-state index contributed by atoms with van der Waals surface area (Å²) in [4.78, 5) is 0. The maximum atomic E-state index is 5.95. The van der Waals surface area contributed by atoms with E-state index in [1.165, 1.54) is 11.1 Å². The molecule has 15 heavy (non-hydrogen) atoms. The van der Waals surface area contributed by atoms with Gasteiger partial charge < -0.3 is 10.5 Å². The molecule has 0 aliphatic heterocycles. The van der Waals surface area contributed by atoms with Gasteiger partial charge >= 0.3 is 0 Å². The summed E-state index contributed by atoms with van der Waals surface area (Å²) in [6.45, 7) is 5.11. The summed E-state index contributed by atoms with van der Waals surface area (Å²) in [6, 6.07) is 6.56. The summed E-state index contributed by atoms with van der Waals surface area (Å²) in [5, 5.41) is 0. The highest BCUT2D eigenvalue weighted by molar-refractivity contribution is 5.44. The Kier molecular flexibility index (Phi) is 2.96. The van der Waals surface area contributed by atoms with Gasteiger partial charge in [0, 0.05) is 6.04 Å². The largest absolute Gasteiger partial charge is 0.493 e. The van der Waals surface area contributed by atoms with E-state index in [9.17, 15) is 0 Å². The minimum atomic E-state index is 0.281. The molecule has 0 radical (unpaired) electrons. The van der Waals surface area contributed by atoms with Crippen LogP contribution in [-0.4, -0.2) is 12.6 Å². The molecule has 2 nitrogen and oxygen atoms in total. The average Bonchev–Trinajstić information content (AvgIpc) is 2.55. The van der Waals surface area contributed by atoms with Gasteiger partial charge in [0.25, 0.3) is 0 Å². The zero-order valence-electron chi connectivity index (χ0n) is 9.49. The molecule has 0 bridgehead atoms. The summed E-state index contributed by atoms with van der Waals surface area (Å²) < 4.78 is 5.80. The van der Waals surface area contributed by atoms with Crippen LogP contribution in [0.3, 0.4) is 0 Å². The number of hydrogen-bond acceptors (Lipinski definition) is 2. The summed E-state index contributed by atoms with van der Waals surface area (Å²) in [5.41, 5.74) is 8.64. The number of benzene rings is 1. The van der Waals surface area contributed by atoms with Crippen molar-refractivity contribution in [2.24, 2.45) is 11.7 Å². The fraction of sp³-hybridized carbons (Fsp3) is 0.538. The smallest absolute Gasteiger partial charge is 0.122 e. The number of hydrogen-bond donors (Lipinski definition) is 1. The summed E-state index contributed by atoms with van der Waals surface area (Å²) in [5.74, 6) is 1.60. The molecule has 0 amide bonds. The molecule has 1 unspecified atom stereocenters. The van der Waals surface area contributed by atoms with Crippen LogP contribution in [0.2, 0.25) is 0 Å². The van der Waals surface area contributed by atoms with Crippen molar-refractivity contribution in [3.63, 3.8) is 0 Å². The molecule has 1 aliphatic carbocycles. The normalized spacial score (nSPS) is 19.3. The highest BCUT2D eigenvalue weighted by Crippen LogP contribution is 2.30. The SMILES string of the molecule is CC(C)COc1cccc2c1CC(N)C2. The van der Waals surface area contributed by atoms with E-state index in [0.717, 1.165) is 25.2 Å². The molecule has 2 N–H and O–H groups in total. The van der Waals surface area contributed by atoms with E-state index in [4.69, 9.17) is 10.5 Å². The van der Waals surface area contributed by atoms with Gasteiger partial charge in [0.1, 0.15) is 5.75 Å². The first-order valence-corrected chi connectivity index (χ1v) is 5.66. The second-order valence-corrected chi connectivity index (χ2v) is 4.77. The van der Waals surface area contributed by atoms with E-state index in [1.54, 1.807) is 0 Å². The molecule has 2 heteroatoms. The van der Waals surface area contributed by atoms with Crippen LogP contribution in [0.25, 0.3) is 0 Å². The molecule has 0 saturated heterocycles. The highest BCUT2D eigenvalue weighted by Gasteiger charge is 2.21. The molecule has 0 spiro atoms. The molecule has 1 aromatic carbocycles. The first kappa shape index (κ1) is 10.5. The first-order valence-electron chi connectivity index (χ1n) is 5.66. The maximum absolute atomic E-state index is 5.95. The van der Waals surface area contributed by atoms with Crippen molar-refractivity contribution in [3.8, 4) is 5.75 Å². The van der Waals surface area contributed by atoms with E-state index < -0.39 is 0 Å². The minimum Gasteiger partial charge on any atom is -0.493 e. The highest BCUT2D eigenvalue weighted by atomic mass is 16.5. The van der Waals surface area contributed by atoms with E-state index in [2.05, 4.69) is 32.0 Å². The van der Waals surface area contributed by atoms with Crippen LogP contribution in [0.15, 0.2) is 18.2 Å². The Hall–Kier alpha value is -1.02. The zero-order valence-corrected chi connectivity index (χ0v) is 9.49. The fourth-order valence-corrected chi connectivity index (χ4v) is 2.04. The van der Waals surface area contributed by atoms with Gasteiger partial charge in [-0.2, -0.15) is 0 Å². The van der Waals surface area contributed by atoms with Crippen LogP contribution < -0.4 is 10.5 Å². The van der Waals surface area contributed by atoms with Crippen molar-refractivity contribution >= 4 is 0 Å². The second kappa shape index (κ2) is 4.23. The quantitative estimate of drug-likeness (QED) is 0.820. The summed E-state index contributed by atoms with van der Waals surface area (Å²) in [7, 11) is 0. The van der Waals surface area contributed by atoms with Crippen LogP contribution in [0, 0.1) is 5.92 Å². The molecule has 0 saturated carbocycles. The average molecular weight is 205 g/mol. The Morgan fingerprint density at radius 2 is 2.20 bits per heavy atom. The van der Waals surface area contributed by atoms with Gasteiger partial charge in [0.15, 0.2) is 0 Å². The predicted octanol–water partition coefficient (Wildman–Crippen LogP) is 2.15.